The summed E-state index contributed by atoms with van der Waals surface area (Å²) in [4.78, 5) is 14.8. The van der Waals surface area contributed by atoms with Gasteiger partial charge >= 0.3 is 0 Å². The van der Waals surface area contributed by atoms with E-state index >= 15 is 0 Å². The summed E-state index contributed by atoms with van der Waals surface area (Å²) in [5.41, 5.74) is 1.93. The number of rotatable bonds is 8. The molecule has 0 aliphatic carbocycles. The molecule has 0 radical (unpaired) electrons. The molecular weight excluding hydrogens is 340 g/mol. The van der Waals surface area contributed by atoms with Crippen LogP contribution in [0.15, 0.2) is 48.5 Å². The van der Waals surface area contributed by atoms with Crippen molar-refractivity contribution in [3.05, 3.63) is 59.7 Å². The average Bonchev–Trinajstić information content (AvgIpc) is 2.72. The number of likely N-dealkylation sites (tertiary alicyclic amines) is 1. The first-order valence-electron chi connectivity index (χ1n) is 9.61. The number of carbonyl (C=O) groups is 1. The summed E-state index contributed by atoms with van der Waals surface area (Å²) in [6.07, 6.45) is 3.92. The number of piperidine rings is 1. The molecule has 0 bridgehead atoms. The van der Waals surface area contributed by atoms with Crippen LogP contribution in [0.25, 0.3) is 0 Å². The van der Waals surface area contributed by atoms with E-state index in [0.29, 0.717) is 30.2 Å². The predicted molar refractivity (Wildman–Crippen MR) is 106 cm³/mol. The summed E-state index contributed by atoms with van der Waals surface area (Å²) >= 11 is 0. The first-order valence-corrected chi connectivity index (χ1v) is 9.61. The second kappa shape index (κ2) is 9.97. The molecule has 3 rings (SSSR count). The molecule has 1 heterocycles. The summed E-state index contributed by atoms with van der Waals surface area (Å²) in [5, 5.41) is 2.89. The number of nitrogens with zero attached hydrogens (tertiary/aromatic N) is 1. The van der Waals surface area contributed by atoms with Crippen LogP contribution in [0.2, 0.25) is 0 Å². The van der Waals surface area contributed by atoms with Gasteiger partial charge in [-0.3, -0.25) is 9.69 Å². The number of hydrogen-bond acceptors (Lipinski definition) is 4. The molecule has 1 aliphatic heterocycles. The van der Waals surface area contributed by atoms with Crippen LogP contribution in [0.5, 0.6) is 11.5 Å². The maximum atomic E-state index is 12.3. The van der Waals surface area contributed by atoms with Gasteiger partial charge < -0.3 is 14.8 Å². The molecule has 144 valence electrons. The molecule has 0 aromatic heterocycles. The van der Waals surface area contributed by atoms with Crippen LogP contribution in [0.3, 0.4) is 0 Å². The fourth-order valence-corrected chi connectivity index (χ4v) is 3.30. The lowest BCUT2D eigenvalue weighted by atomic mass is 10.1. The van der Waals surface area contributed by atoms with Crippen LogP contribution in [-0.2, 0) is 6.54 Å². The summed E-state index contributed by atoms with van der Waals surface area (Å²) < 4.78 is 10.9. The summed E-state index contributed by atoms with van der Waals surface area (Å²) in [7, 11) is 1.61. The lowest BCUT2D eigenvalue weighted by molar-refractivity contribution is 0.0947. The van der Waals surface area contributed by atoms with E-state index in [1.54, 1.807) is 7.11 Å². The standard InChI is InChI=1S/C22H28N2O3/c1-26-20-7-3-4-8-21(20)27-16-13-23-22(25)19-11-9-18(10-12-19)17-24-14-5-2-6-15-24/h3-4,7-12H,2,5-6,13-17H2,1H3,(H,23,25). The molecule has 0 saturated carbocycles. The number of hydrogen-bond donors (Lipinski definition) is 1. The Labute approximate surface area is 161 Å². The molecule has 5 heteroatoms. The second-order valence-electron chi connectivity index (χ2n) is 6.79. The number of amides is 1. The van der Waals surface area contributed by atoms with Gasteiger partial charge in [-0.05, 0) is 55.8 Å². The molecule has 0 spiro atoms. The van der Waals surface area contributed by atoms with Gasteiger partial charge in [-0.1, -0.05) is 30.7 Å². The van der Waals surface area contributed by atoms with Crippen molar-refractivity contribution in [2.75, 3.05) is 33.4 Å². The van der Waals surface area contributed by atoms with Crippen molar-refractivity contribution in [2.24, 2.45) is 0 Å². The second-order valence-corrected chi connectivity index (χ2v) is 6.79. The Morgan fingerprint density at radius 1 is 1.00 bits per heavy atom. The van der Waals surface area contributed by atoms with Crippen molar-refractivity contribution in [3.63, 3.8) is 0 Å². The quantitative estimate of drug-likeness (QED) is 0.725. The zero-order valence-electron chi connectivity index (χ0n) is 15.9. The van der Waals surface area contributed by atoms with E-state index in [1.807, 2.05) is 36.4 Å². The fourth-order valence-electron chi connectivity index (χ4n) is 3.30. The normalized spacial score (nSPS) is 14.6. The molecule has 1 fully saturated rings. The molecule has 5 nitrogen and oxygen atoms in total. The molecule has 0 atom stereocenters. The molecule has 27 heavy (non-hydrogen) atoms. The molecule has 0 unspecified atom stereocenters. The lowest BCUT2D eigenvalue weighted by Crippen LogP contribution is -2.29. The maximum Gasteiger partial charge on any atom is 0.251 e. The number of carbonyl (C=O) groups excluding carboxylic acids is 1. The third-order valence-corrected chi connectivity index (χ3v) is 4.79. The Morgan fingerprint density at radius 3 is 2.41 bits per heavy atom. The third-order valence-electron chi connectivity index (χ3n) is 4.79. The topological polar surface area (TPSA) is 50.8 Å². The zero-order chi connectivity index (χ0) is 18.9. The van der Waals surface area contributed by atoms with Crippen molar-refractivity contribution in [3.8, 4) is 11.5 Å². The fraction of sp³-hybridized carbons (Fsp3) is 0.409. The van der Waals surface area contributed by atoms with Crippen molar-refractivity contribution in [1.82, 2.24) is 10.2 Å². The molecular formula is C22H28N2O3. The van der Waals surface area contributed by atoms with Crippen LogP contribution in [0.1, 0.15) is 35.2 Å². The largest absolute Gasteiger partial charge is 0.493 e. The highest BCUT2D eigenvalue weighted by atomic mass is 16.5. The van der Waals surface area contributed by atoms with E-state index in [2.05, 4.69) is 22.3 Å². The predicted octanol–water partition coefficient (Wildman–Crippen LogP) is 3.49. The van der Waals surface area contributed by atoms with Crippen LogP contribution < -0.4 is 14.8 Å². The minimum Gasteiger partial charge on any atom is -0.493 e. The minimum atomic E-state index is -0.0804. The van der Waals surface area contributed by atoms with Crippen molar-refractivity contribution >= 4 is 5.91 Å². The van der Waals surface area contributed by atoms with E-state index in [1.165, 1.54) is 37.9 Å². The molecule has 1 aliphatic rings. The summed E-state index contributed by atoms with van der Waals surface area (Å²) in [5.74, 6) is 1.28. The maximum absolute atomic E-state index is 12.3. The molecule has 1 saturated heterocycles. The van der Waals surface area contributed by atoms with Crippen LogP contribution in [-0.4, -0.2) is 44.2 Å². The van der Waals surface area contributed by atoms with E-state index in [4.69, 9.17) is 9.47 Å². The Balaban J connectivity index is 1.42. The monoisotopic (exact) mass is 368 g/mol. The van der Waals surface area contributed by atoms with E-state index < -0.39 is 0 Å². The first-order chi connectivity index (χ1) is 13.3. The number of benzene rings is 2. The van der Waals surface area contributed by atoms with Gasteiger partial charge in [0.15, 0.2) is 11.5 Å². The average molecular weight is 368 g/mol. The molecule has 1 N–H and O–H groups in total. The highest BCUT2D eigenvalue weighted by molar-refractivity contribution is 5.94. The van der Waals surface area contributed by atoms with Gasteiger partial charge in [0.2, 0.25) is 0 Å². The number of methoxy groups -OCH3 is 1. The van der Waals surface area contributed by atoms with Crippen LogP contribution >= 0.6 is 0 Å². The van der Waals surface area contributed by atoms with Crippen molar-refractivity contribution in [1.29, 1.82) is 0 Å². The highest BCUT2D eigenvalue weighted by Gasteiger charge is 2.11. The van der Waals surface area contributed by atoms with Crippen molar-refractivity contribution < 1.29 is 14.3 Å². The van der Waals surface area contributed by atoms with Gasteiger partial charge in [0.25, 0.3) is 5.91 Å². The van der Waals surface area contributed by atoms with E-state index in [9.17, 15) is 4.79 Å². The first kappa shape index (κ1) is 19.2. The zero-order valence-corrected chi connectivity index (χ0v) is 15.9. The Hall–Kier alpha value is -2.53. The van der Waals surface area contributed by atoms with E-state index in [-0.39, 0.29) is 5.91 Å². The Bertz CT molecular complexity index is 725. The SMILES string of the molecule is COc1ccccc1OCCNC(=O)c1ccc(CN2CCCCC2)cc1. The van der Waals surface area contributed by atoms with Gasteiger partial charge in [-0.2, -0.15) is 0 Å². The smallest absolute Gasteiger partial charge is 0.251 e. The van der Waals surface area contributed by atoms with Crippen LogP contribution in [0, 0.1) is 0 Å². The molecule has 2 aromatic carbocycles. The number of para-hydroxylation sites is 2. The lowest BCUT2D eigenvalue weighted by Gasteiger charge is -2.26. The van der Waals surface area contributed by atoms with Gasteiger partial charge in [0.1, 0.15) is 6.61 Å². The van der Waals surface area contributed by atoms with Crippen molar-refractivity contribution in [2.45, 2.75) is 25.8 Å². The molecule has 1 amide bonds. The summed E-state index contributed by atoms with van der Waals surface area (Å²) in [6, 6.07) is 15.4. The Morgan fingerprint density at radius 2 is 1.70 bits per heavy atom. The Kier molecular flexibility index (Phi) is 7.11. The van der Waals surface area contributed by atoms with E-state index in [0.717, 1.165) is 6.54 Å². The molecule has 2 aromatic rings. The third kappa shape index (κ3) is 5.73. The number of nitrogens with one attached hydrogen (secondary N) is 1. The van der Waals surface area contributed by atoms with Gasteiger partial charge in [0.05, 0.1) is 13.7 Å². The van der Waals surface area contributed by atoms with Gasteiger partial charge in [0, 0.05) is 12.1 Å². The highest BCUT2D eigenvalue weighted by Crippen LogP contribution is 2.25. The minimum absolute atomic E-state index is 0.0804. The van der Waals surface area contributed by atoms with Gasteiger partial charge in [-0.15, -0.1) is 0 Å². The van der Waals surface area contributed by atoms with Gasteiger partial charge in [-0.25, -0.2) is 0 Å². The van der Waals surface area contributed by atoms with Crippen LogP contribution in [0.4, 0.5) is 0 Å². The number of ether oxygens (including phenoxy) is 2. The summed E-state index contributed by atoms with van der Waals surface area (Å²) in [6.45, 7) is 4.14.